The van der Waals surface area contributed by atoms with Crippen molar-refractivity contribution in [3.63, 3.8) is 0 Å². The van der Waals surface area contributed by atoms with Crippen LogP contribution >= 0.6 is 0 Å². The maximum Gasteiger partial charge on any atom is 0.318 e. The van der Waals surface area contributed by atoms with Crippen LogP contribution in [0.3, 0.4) is 0 Å². The molecule has 6 heteroatoms. The summed E-state index contributed by atoms with van der Waals surface area (Å²) in [6.07, 6.45) is 3.59. The molecule has 1 aromatic rings. The minimum absolute atomic E-state index is 0.541. The number of cyclic esters (lactones) is 4. The fourth-order valence-corrected chi connectivity index (χ4v) is 5.20. The zero-order valence-electron chi connectivity index (χ0n) is 13.3. The molecule has 0 spiro atoms. The number of rotatable bonds is 1. The van der Waals surface area contributed by atoms with Gasteiger partial charge in [0.2, 0.25) is 0 Å². The van der Waals surface area contributed by atoms with Crippen LogP contribution in [0.4, 0.5) is 0 Å². The highest BCUT2D eigenvalue weighted by Gasteiger charge is 2.74. The van der Waals surface area contributed by atoms with Gasteiger partial charge in [0.05, 0.1) is 23.7 Å². The van der Waals surface area contributed by atoms with Crippen LogP contribution in [0.5, 0.6) is 0 Å². The first kappa shape index (κ1) is 14.6. The predicted octanol–water partition coefficient (Wildman–Crippen LogP) is 1.06. The number of benzene rings is 1. The molecule has 6 rings (SSSR count). The molecule has 2 saturated heterocycles. The van der Waals surface area contributed by atoms with Gasteiger partial charge < -0.3 is 9.47 Å². The number of carbonyl (C=O) groups is 4. The van der Waals surface area contributed by atoms with E-state index in [-0.39, 0.29) is 0 Å². The summed E-state index contributed by atoms with van der Waals surface area (Å²) in [6.45, 7) is 1.93. The summed E-state index contributed by atoms with van der Waals surface area (Å²) >= 11 is 0. The Kier molecular flexibility index (Phi) is 2.59. The van der Waals surface area contributed by atoms with Crippen molar-refractivity contribution >= 4 is 23.9 Å². The van der Waals surface area contributed by atoms with E-state index < -0.39 is 58.9 Å². The summed E-state index contributed by atoms with van der Waals surface area (Å²) in [5.74, 6) is -6.16. The van der Waals surface area contributed by atoms with E-state index in [1.54, 1.807) is 6.08 Å². The second-order valence-corrected chi connectivity index (χ2v) is 7.22. The molecule has 25 heavy (non-hydrogen) atoms. The average molecular weight is 338 g/mol. The Morgan fingerprint density at radius 2 is 1.32 bits per heavy atom. The molecule has 0 radical (unpaired) electrons. The molecule has 0 aromatic heterocycles. The van der Waals surface area contributed by atoms with E-state index >= 15 is 0 Å². The molecule has 3 aliphatic carbocycles. The molecule has 4 atom stereocenters. The third kappa shape index (κ3) is 1.55. The lowest BCUT2D eigenvalue weighted by atomic mass is 9.45. The first-order chi connectivity index (χ1) is 11.9. The Hall–Kier alpha value is -2.76. The normalized spacial score (nSPS) is 40.8. The summed E-state index contributed by atoms with van der Waals surface area (Å²) in [5.41, 5.74) is 0.650. The topological polar surface area (TPSA) is 86.7 Å². The van der Waals surface area contributed by atoms with Crippen LogP contribution in [0.1, 0.15) is 11.1 Å². The van der Waals surface area contributed by atoms with Crippen molar-refractivity contribution in [2.75, 3.05) is 0 Å². The van der Waals surface area contributed by atoms with Crippen molar-refractivity contribution in [1.29, 1.82) is 0 Å². The third-order valence-electron chi connectivity index (χ3n) is 6.18. The molecule has 1 aromatic carbocycles. The van der Waals surface area contributed by atoms with E-state index in [2.05, 4.69) is 0 Å². The molecule has 126 valence electrons. The number of allylic oxidation sites excluding steroid dienone is 2. The van der Waals surface area contributed by atoms with Crippen molar-refractivity contribution in [1.82, 2.24) is 0 Å². The fraction of sp³-hybridized carbons (Fsp3) is 0.368. The second kappa shape index (κ2) is 4.45. The van der Waals surface area contributed by atoms with Gasteiger partial charge in [0.25, 0.3) is 0 Å². The first-order valence-corrected chi connectivity index (χ1v) is 8.23. The summed E-state index contributed by atoms with van der Waals surface area (Å²) in [7, 11) is 0. The van der Waals surface area contributed by atoms with Gasteiger partial charge in [0, 0.05) is 11.3 Å². The van der Waals surface area contributed by atoms with E-state index in [0.29, 0.717) is 0 Å². The van der Waals surface area contributed by atoms with Gasteiger partial charge in [-0.05, 0) is 12.5 Å². The zero-order valence-corrected chi connectivity index (χ0v) is 13.3. The highest BCUT2D eigenvalue weighted by atomic mass is 16.6. The minimum Gasteiger partial charge on any atom is -0.393 e. The number of carbonyl (C=O) groups excluding carboxylic acids is 4. The van der Waals surface area contributed by atoms with Gasteiger partial charge in [-0.1, -0.05) is 42.0 Å². The number of aryl methyl sites for hydroxylation is 1. The van der Waals surface area contributed by atoms with Crippen molar-refractivity contribution in [2.24, 2.45) is 29.6 Å². The van der Waals surface area contributed by atoms with Crippen LogP contribution in [0, 0.1) is 36.5 Å². The molecule has 0 N–H and O–H groups in total. The molecule has 4 unspecified atom stereocenters. The van der Waals surface area contributed by atoms with Gasteiger partial charge in [-0.2, -0.15) is 0 Å². The Morgan fingerprint density at radius 3 is 1.84 bits per heavy atom. The summed E-state index contributed by atoms with van der Waals surface area (Å²) < 4.78 is 9.83. The van der Waals surface area contributed by atoms with Gasteiger partial charge in [0.1, 0.15) is 0 Å². The van der Waals surface area contributed by atoms with E-state index in [4.69, 9.17) is 9.47 Å². The smallest absolute Gasteiger partial charge is 0.318 e. The van der Waals surface area contributed by atoms with Crippen molar-refractivity contribution in [3.05, 3.63) is 47.5 Å². The van der Waals surface area contributed by atoms with E-state index in [1.807, 2.05) is 37.3 Å². The monoisotopic (exact) mass is 338 g/mol. The van der Waals surface area contributed by atoms with Gasteiger partial charge in [-0.25, -0.2) is 0 Å². The van der Waals surface area contributed by atoms with Crippen molar-refractivity contribution in [3.8, 4) is 0 Å². The molecule has 2 aliphatic heterocycles. The quantitative estimate of drug-likeness (QED) is 0.432. The Balaban J connectivity index is 1.81. The van der Waals surface area contributed by atoms with Crippen LogP contribution in [0.15, 0.2) is 36.4 Å². The Bertz CT molecular complexity index is 838. The molecule has 2 heterocycles. The molecule has 6 nitrogen and oxygen atoms in total. The van der Waals surface area contributed by atoms with E-state index in [1.165, 1.54) is 0 Å². The highest BCUT2D eigenvalue weighted by molar-refractivity contribution is 6.04. The predicted molar refractivity (Wildman–Crippen MR) is 81.6 cm³/mol. The Morgan fingerprint density at radius 1 is 0.800 bits per heavy atom. The number of ether oxygens (including phenoxy) is 2. The van der Waals surface area contributed by atoms with Crippen molar-refractivity contribution in [2.45, 2.75) is 12.3 Å². The summed E-state index contributed by atoms with van der Waals surface area (Å²) in [5, 5.41) is 0. The maximum atomic E-state index is 12.5. The lowest BCUT2D eigenvalue weighted by Crippen LogP contribution is -2.60. The molecule has 5 aliphatic rings. The zero-order chi connectivity index (χ0) is 17.5. The molecule has 0 amide bonds. The lowest BCUT2D eigenvalue weighted by molar-refractivity contribution is -0.154. The van der Waals surface area contributed by atoms with Crippen molar-refractivity contribution < 1.29 is 28.7 Å². The molecular formula is C19H14O6. The number of hydrogen-bond acceptors (Lipinski definition) is 6. The van der Waals surface area contributed by atoms with E-state index in [9.17, 15) is 19.2 Å². The largest absolute Gasteiger partial charge is 0.393 e. The average Bonchev–Trinajstić information content (AvgIpc) is 3.08. The van der Waals surface area contributed by atoms with E-state index in [0.717, 1.165) is 11.1 Å². The molecule has 3 fully saturated rings. The fourth-order valence-electron chi connectivity index (χ4n) is 5.20. The number of hydrogen-bond donors (Lipinski definition) is 0. The summed E-state index contributed by atoms with van der Waals surface area (Å²) in [4.78, 5) is 49.6. The van der Waals surface area contributed by atoms with Gasteiger partial charge in [-0.15, -0.1) is 0 Å². The van der Waals surface area contributed by atoms with Gasteiger partial charge in [-0.3, -0.25) is 19.2 Å². The highest BCUT2D eigenvalue weighted by Crippen LogP contribution is 2.63. The van der Waals surface area contributed by atoms with Crippen LogP contribution in [0.25, 0.3) is 0 Å². The standard InChI is InChI=1S/C19H14O6/c1-8-2-4-9(5-3-8)19-7-6-10(11-13(19)17(22)24-15(11)20)12-14(19)18(23)25-16(12)21/h2-7,10-14H,1H3. The Labute approximate surface area is 142 Å². The molecule has 1 saturated carbocycles. The summed E-state index contributed by atoms with van der Waals surface area (Å²) in [6, 6.07) is 7.44. The minimum atomic E-state index is -1.09. The molecular weight excluding hydrogens is 324 g/mol. The third-order valence-corrected chi connectivity index (χ3v) is 6.18. The van der Waals surface area contributed by atoms with Crippen LogP contribution < -0.4 is 0 Å². The first-order valence-electron chi connectivity index (χ1n) is 8.23. The SMILES string of the molecule is Cc1ccc(C23C=CC(C4C(=O)OC(=O)C42)C2C(=O)OC(=O)C23)cc1. The van der Waals surface area contributed by atoms with Gasteiger partial charge >= 0.3 is 23.9 Å². The van der Waals surface area contributed by atoms with Crippen LogP contribution in [-0.2, 0) is 34.1 Å². The molecule has 2 bridgehead atoms. The maximum absolute atomic E-state index is 12.5. The van der Waals surface area contributed by atoms with Crippen LogP contribution in [0.2, 0.25) is 0 Å². The van der Waals surface area contributed by atoms with Gasteiger partial charge in [0.15, 0.2) is 0 Å². The van der Waals surface area contributed by atoms with Crippen LogP contribution in [-0.4, -0.2) is 23.9 Å². The lowest BCUT2D eigenvalue weighted by Gasteiger charge is -2.52. The number of esters is 4. The second-order valence-electron chi connectivity index (χ2n) is 7.22.